The van der Waals surface area contributed by atoms with E-state index in [4.69, 9.17) is 0 Å². The highest BCUT2D eigenvalue weighted by atomic mass is 16.2. The van der Waals surface area contributed by atoms with Crippen molar-refractivity contribution in [1.82, 2.24) is 5.43 Å². The number of rotatable bonds is 3. The topological polar surface area (TPSA) is 41.5 Å². The number of benzene rings is 1. The third kappa shape index (κ3) is 4.55. The first-order valence-corrected chi connectivity index (χ1v) is 7.96. The van der Waals surface area contributed by atoms with Crippen LogP contribution in [0.15, 0.2) is 41.0 Å². The highest BCUT2D eigenvalue weighted by Gasteiger charge is 2.14. The maximum absolute atomic E-state index is 12.1. The summed E-state index contributed by atoms with van der Waals surface area (Å²) in [5, 5.41) is 4.11. The van der Waals surface area contributed by atoms with Crippen LogP contribution >= 0.6 is 0 Å². The summed E-state index contributed by atoms with van der Waals surface area (Å²) >= 11 is 0. The number of hydrogen-bond donors (Lipinski definition) is 1. The SMILES string of the molecule is CC1=CCC(/C=N/NC(=O)c2ccc(C(C)(C)C)cc2)CC1. The Labute approximate surface area is 133 Å². The van der Waals surface area contributed by atoms with Crippen LogP contribution in [-0.4, -0.2) is 12.1 Å². The number of hydrogen-bond acceptors (Lipinski definition) is 2. The highest BCUT2D eigenvalue weighted by molar-refractivity contribution is 5.94. The molecule has 0 saturated carbocycles. The van der Waals surface area contributed by atoms with E-state index in [1.807, 2.05) is 30.5 Å². The van der Waals surface area contributed by atoms with Crippen molar-refractivity contribution in [1.29, 1.82) is 0 Å². The van der Waals surface area contributed by atoms with Gasteiger partial charge in [0.25, 0.3) is 5.91 Å². The molecule has 0 fully saturated rings. The van der Waals surface area contributed by atoms with Crippen molar-refractivity contribution in [3.05, 3.63) is 47.0 Å². The summed E-state index contributed by atoms with van der Waals surface area (Å²) in [6.45, 7) is 8.64. The molecule has 22 heavy (non-hydrogen) atoms. The lowest BCUT2D eigenvalue weighted by molar-refractivity contribution is 0.0955. The van der Waals surface area contributed by atoms with Crippen LogP contribution in [0.4, 0.5) is 0 Å². The molecule has 1 N–H and O–H groups in total. The molecule has 1 amide bonds. The minimum atomic E-state index is -0.153. The molecule has 1 atom stereocenters. The van der Waals surface area contributed by atoms with Gasteiger partial charge in [0.05, 0.1) is 0 Å². The zero-order valence-corrected chi connectivity index (χ0v) is 14.0. The molecule has 1 aromatic rings. The van der Waals surface area contributed by atoms with Crippen LogP contribution in [0.25, 0.3) is 0 Å². The second-order valence-electron chi connectivity index (χ2n) is 7.13. The molecule has 0 aromatic heterocycles. The smallest absolute Gasteiger partial charge is 0.267 e. The second kappa shape index (κ2) is 6.91. The average Bonchev–Trinajstić information content (AvgIpc) is 2.48. The molecular weight excluding hydrogens is 272 g/mol. The molecule has 0 aliphatic heterocycles. The molecule has 3 heteroatoms. The zero-order valence-electron chi connectivity index (χ0n) is 14.0. The van der Waals surface area contributed by atoms with Gasteiger partial charge in [-0.25, -0.2) is 5.43 Å². The van der Waals surface area contributed by atoms with Gasteiger partial charge in [-0.15, -0.1) is 0 Å². The molecule has 0 spiro atoms. The highest BCUT2D eigenvalue weighted by Crippen LogP contribution is 2.22. The molecule has 0 bridgehead atoms. The first-order valence-electron chi connectivity index (χ1n) is 7.96. The summed E-state index contributed by atoms with van der Waals surface area (Å²) in [5.41, 5.74) is 6.04. The number of nitrogens with one attached hydrogen (secondary N) is 1. The van der Waals surface area contributed by atoms with Gasteiger partial charge in [-0.3, -0.25) is 4.79 Å². The minimum absolute atomic E-state index is 0.0970. The average molecular weight is 298 g/mol. The van der Waals surface area contributed by atoms with Crippen LogP contribution in [0, 0.1) is 5.92 Å². The van der Waals surface area contributed by atoms with E-state index in [0.717, 1.165) is 19.3 Å². The number of amides is 1. The number of allylic oxidation sites excluding steroid dienone is 2. The predicted octanol–water partition coefficient (Wildman–Crippen LogP) is 4.45. The first-order chi connectivity index (χ1) is 10.4. The number of nitrogens with zero attached hydrogens (tertiary/aromatic N) is 1. The van der Waals surface area contributed by atoms with Crippen LogP contribution < -0.4 is 5.43 Å². The van der Waals surface area contributed by atoms with Crippen LogP contribution in [0.5, 0.6) is 0 Å². The molecule has 3 nitrogen and oxygen atoms in total. The number of carbonyl (C=O) groups is 1. The Morgan fingerprint density at radius 2 is 1.95 bits per heavy atom. The van der Waals surface area contributed by atoms with Crippen LogP contribution in [0.2, 0.25) is 0 Å². The van der Waals surface area contributed by atoms with Crippen molar-refractivity contribution in [2.24, 2.45) is 11.0 Å². The molecule has 118 valence electrons. The zero-order chi connectivity index (χ0) is 16.2. The van der Waals surface area contributed by atoms with Gasteiger partial charge >= 0.3 is 0 Å². The lowest BCUT2D eigenvalue weighted by atomic mass is 9.87. The molecule has 0 saturated heterocycles. The Kier molecular flexibility index (Phi) is 5.17. The molecule has 2 rings (SSSR count). The summed E-state index contributed by atoms with van der Waals surface area (Å²) in [6, 6.07) is 7.73. The summed E-state index contributed by atoms with van der Waals surface area (Å²) < 4.78 is 0. The Morgan fingerprint density at radius 1 is 1.27 bits per heavy atom. The van der Waals surface area contributed by atoms with E-state index in [9.17, 15) is 4.79 Å². The van der Waals surface area contributed by atoms with E-state index in [1.165, 1.54) is 11.1 Å². The van der Waals surface area contributed by atoms with E-state index in [2.05, 4.69) is 44.3 Å². The third-order valence-corrected chi connectivity index (χ3v) is 4.14. The standard InChI is InChI=1S/C19H26N2O/c1-14-5-7-15(8-6-14)13-20-21-18(22)16-9-11-17(12-10-16)19(2,3)4/h5,9-13,15H,6-8H2,1-4H3,(H,21,22)/b20-13+. The molecule has 1 aliphatic carbocycles. The van der Waals surface area contributed by atoms with Gasteiger partial charge in [0.1, 0.15) is 0 Å². The number of hydrazone groups is 1. The monoisotopic (exact) mass is 298 g/mol. The van der Waals surface area contributed by atoms with E-state index < -0.39 is 0 Å². The maximum atomic E-state index is 12.1. The maximum Gasteiger partial charge on any atom is 0.271 e. The Bertz CT molecular complexity index is 576. The lowest BCUT2D eigenvalue weighted by Crippen LogP contribution is -2.19. The molecule has 1 unspecified atom stereocenters. The quantitative estimate of drug-likeness (QED) is 0.500. The Hall–Kier alpha value is -1.90. The van der Waals surface area contributed by atoms with Crippen LogP contribution in [-0.2, 0) is 5.41 Å². The van der Waals surface area contributed by atoms with Gasteiger partial charge in [0.15, 0.2) is 0 Å². The van der Waals surface area contributed by atoms with Crippen molar-refractivity contribution >= 4 is 12.1 Å². The predicted molar refractivity (Wildman–Crippen MR) is 92.2 cm³/mol. The fourth-order valence-electron chi connectivity index (χ4n) is 2.51. The molecular formula is C19H26N2O. The van der Waals surface area contributed by atoms with E-state index in [-0.39, 0.29) is 11.3 Å². The van der Waals surface area contributed by atoms with Crippen molar-refractivity contribution in [2.75, 3.05) is 0 Å². The van der Waals surface area contributed by atoms with Gasteiger partial charge in [0, 0.05) is 11.8 Å². The minimum Gasteiger partial charge on any atom is -0.267 e. The van der Waals surface area contributed by atoms with Gasteiger partial charge in [-0.1, -0.05) is 44.6 Å². The van der Waals surface area contributed by atoms with Crippen molar-refractivity contribution in [3.8, 4) is 0 Å². The van der Waals surface area contributed by atoms with Gasteiger partial charge < -0.3 is 0 Å². The fraction of sp³-hybridized carbons (Fsp3) is 0.474. The molecule has 1 aromatic carbocycles. The Morgan fingerprint density at radius 3 is 2.50 bits per heavy atom. The molecule has 0 heterocycles. The normalized spacial score (nSPS) is 19.1. The molecule has 0 radical (unpaired) electrons. The van der Waals surface area contributed by atoms with Crippen LogP contribution in [0.1, 0.15) is 62.9 Å². The van der Waals surface area contributed by atoms with E-state index >= 15 is 0 Å². The third-order valence-electron chi connectivity index (χ3n) is 4.14. The lowest BCUT2D eigenvalue weighted by Gasteiger charge is -2.19. The number of carbonyl (C=O) groups excluding carboxylic acids is 1. The fourth-order valence-corrected chi connectivity index (χ4v) is 2.51. The van der Waals surface area contributed by atoms with Crippen molar-refractivity contribution in [3.63, 3.8) is 0 Å². The van der Waals surface area contributed by atoms with E-state index in [0.29, 0.717) is 11.5 Å². The van der Waals surface area contributed by atoms with Gasteiger partial charge in [0.2, 0.25) is 0 Å². The van der Waals surface area contributed by atoms with Crippen molar-refractivity contribution < 1.29 is 4.79 Å². The summed E-state index contributed by atoms with van der Waals surface area (Å²) in [7, 11) is 0. The van der Waals surface area contributed by atoms with E-state index in [1.54, 1.807) is 0 Å². The molecule has 1 aliphatic rings. The van der Waals surface area contributed by atoms with Gasteiger partial charge in [-0.2, -0.15) is 5.10 Å². The first kappa shape index (κ1) is 16.5. The second-order valence-corrected chi connectivity index (χ2v) is 7.13. The van der Waals surface area contributed by atoms with Gasteiger partial charge in [-0.05, 0) is 55.2 Å². The Balaban J connectivity index is 1.90. The van der Waals surface area contributed by atoms with Crippen molar-refractivity contribution in [2.45, 2.75) is 52.4 Å². The largest absolute Gasteiger partial charge is 0.271 e. The summed E-state index contributed by atoms with van der Waals surface area (Å²) in [5.74, 6) is 0.284. The summed E-state index contributed by atoms with van der Waals surface area (Å²) in [6.07, 6.45) is 7.38. The summed E-state index contributed by atoms with van der Waals surface area (Å²) in [4.78, 5) is 12.1. The van der Waals surface area contributed by atoms with Crippen LogP contribution in [0.3, 0.4) is 0 Å².